The van der Waals surface area contributed by atoms with Crippen molar-refractivity contribution < 1.29 is 9.21 Å². The predicted molar refractivity (Wildman–Crippen MR) is 107 cm³/mol. The Morgan fingerprint density at radius 1 is 1.14 bits per heavy atom. The maximum Gasteiger partial charge on any atom is 0.274 e. The van der Waals surface area contributed by atoms with E-state index in [1.807, 2.05) is 42.5 Å². The van der Waals surface area contributed by atoms with E-state index in [0.29, 0.717) is 23.0 Å². The summed E-state index contributed by atoms with van der Waals surface area (Å²) in [5.74, 6) is 1.10. The van der Waals surface area contributed by atoms with Gasteiger partial charge in [0, 0.05) is 30.7 Å². The molecule has 0 bridgehead atoms. The molecule has 1 aliphatic heterocycles. The molecule has 2 N–H and O–H groups in total. The molecule has 0 radical (unpaired) electrons. The zero-order chi connectivity index (χ0) is 18.9. The number of fused-ring (bicyclic) bond motifs is 1. The lowest BCUT2D eigenvalue weighted by Crippen LogP contribution is -2.19. The number of aromatic amines is 1. The van der Waals surface area contributed by atoms with Gasteiger partial charge < -0.3 is 19.6 Å². The summed E-state index contributed by atoms with van der Waals surface area (Å²) in [4.78, 5) is 26.9. The van der Waals surface area contributed by atoms with Crippen molar-refractivity contribution in [3.63, 3.8) is 0 Å². The van der Waals surface area contributed by atoms with Crippen molar-refractivity contribution in [2.24, 2.45) is 0 Å². The number of rotatable bonds is 4. The largest absolute Gasteiger partial charge is 0.461 e. The molecule has 28 heavy (non-hydrogen) atoms. The van der Waals surface area contributed by atoms with Gasteiger partial charge in [-0.15, -0.1) is 0 Å². The summed E-state index contributed by atoms with van der Waals surface area (Å²) in [5.41, 5.74) is 3.76. The van der Waals surface area contributed by atoms with E-state index in [4.69, 9.17) is 4.42 Å². The highest BCUT2D eigenvalue weighted by atomic mass is 16.3. The number of carbonyl (C=O) groups excluding carboxylic acids is 1. The molecule has 0 unspecified atom stereocenters. The second kappa shape index (κ2) is 6.84. The first-order valence-electron chi connectivity index (χ1n) is 9.32. The van der Waals surface area contributed by atoms with Gasteiger partial charge >= 0.3 is 0 Å². The fourth-order valence-electron chi connectivity index (χ4n) is 3.53. The Morgan fingerprint density at radius 2 is 2.04 bits per heavy atom. The van der Waals surface area contributed by atoms with Gasteiger partial charge in [-0.3, -0.25) is 9.78 Å². The van der Waals surface area contributed by atoms with Gasteiger partial charge in [0.15, 0.2) is 11.6 Å². The van der Waals surface area contributed by atoms with E-state index in [9.17, 15) is 4.79 Å². The Hall–Kier alpha value is -3.61. The van der Waals surface area contributed by atoms with Gasteiger partial charge in [0.05, 0.1) is 17.3 Å². The van der Waals surface area contributed by atoms with Crippen LogP contribution in [0.15, 0.2) is 59.3 Å². The standard InChI is InChI=1S/C21H19N5O2/c27-21(18-13-15(7-8-22-18)26-9-1-2-10-26)23-14-5-6-16-17(12-14)25-20(24-16)19-4-3-11-28-19/h3-8,11-13H,1-2,9-10H2,(H,23,27)(H,24,25). The number of nitrogens with one attached hydrogen (secondary N) is 2. The van der Waals surface area contributed by atoms with Crippen molar-refractivity contribution in [2.75, 3.05) is 23.3 Å². The number of pyridine rings is 1. The van der Waals surface area contributed by atoms with Crippen molar-refractivity contribution in [3.05, 3.63) is 60.6 Å². The molecule has 4 heterocycles. The van der Waals surface area contributed by atoms with Crippen LogP contribution in [0.1, 0.15) is 23.3 Å². The molecule has 0 spiro atoms. The Bertz CT molecular complexity index is 1130. The molecule has 1 aliphatic rings. The minimum absolute atomic E-state index is 0.230. The molecule has 1 fully saturated rings. The van der Waals surface area contributed by atoms with Crippen LogP contribution in [0.4, 0.5) is 11.4 Å². The number of carbonyl (C=O) groups is 1. The van der Waals surface area contributed by atoms with Crippen LogP contribution < -0.4 is 10.2 Å². The zero-order valence-corrected chi connectivity index (χ0v) is 15.2. The van der Waals surface area contributed by atoms with Crippen LogP contribution in [0.25, 0.3) is 22.6 Å². The molecule has 7 nitrogen and oxygen atoms in total. The predicted octanol–water partition coefficient (Wildman–Crippen LogP) is 4.07. The SMILES string of the molecule is O=C(Nc1ccc2nc(-c3ccco3)[nH]c2c1)c1cc(N2CCCC2)ccn1. The lowest BCUT2D eigenvalue weighted by Gasteiger charge is -2.17. The van der Waals surface area contributed by atoms with Gasteiger partial charge in [0.2, 0.25) is 0 Å². The topological polar surface area (TPSA) is 87.0 Å². The van der Waals surface area contributed by atoms with Crippen LogP contribution in [-0.2, 0) is 0 Å². The van der Waals surface area contributed by atoms with E-state index < -0.39 is 0 Å². The molecule has 140 valence electrons. The van der Waals surface area contributed by atoms with Crippen molar-refractivity contribution >= 4 is 28.3 Å². The molecule has 1 saturated heterocycles. The minimum atomic E-state index is -0.230. The van der Waals surface area contributed by atoms with Crippen molar-refractivity contribution in [1.82, 2.24) is 15.0 Å². The number of hydrogen-bond acceptors (Lipinski definition) is 5. The fraction of sp³-hybridized carbons (Fsp3) is 0.190. The highest BCUT2D eigenvalue weighted by Gasteiger charge is 2.15. The number of aromatic nitrogens is 3. The Morgan fingerprint density at radius 3 is 2.86 bits per heavy atom. The van der Waals surface area contributed by atoms with E-state index in [-0.39, 0.29) is 5.91 Å². The number of imidazole rings is 1. The molecule has 7 heteroatoms. The molecule has 0 aliphatic carbocycles. The van der Waals surface area contributed by atoms with Gasteiger partial charge in [-0.1, -0.05) is 0 Å². The number of H-pyrrole nitrogens is 1. The van der Waals surface area contributed by atoms with Gasteiger partial charge in [-0.05, 0) is 55.3 Å². The van der Waals surface area contributed by atoms with Crippen molar-refractivity contribution in [2.45, 2.75) is 12.8 Å². The normalized spacial score (nSPS) is 13.9. The average molecular weight is 373 g/mol. The van der Waals surface area contributed by atoms with Crippen LogP contribution in [0.3, 0.4) is 0 Å². The quantitative estimate of drug-likeness (QED) is 0.563. The fourth-order valence-corrected chi connectivity index (χ4v) is 3.53. The summed E-state index contributed by atoms with van der Waals surface area (Å²) >= 11 is 0. The van der Waals surface area contributed by atoms with Crippen LogP contribution in [0, 0.1) is 0 Å². The lowest BCUT2D eigenvalue weighted by atomic mass is 10.2. The molecule has 1 aromatic carbocycles. The monoisotopic (exact) mass is 373 g/mol. The van der Waals surface area contributed by atoms with E-state index in [0.717, 1.165) is 29.8 Å². The second-order valence-corrected chi connectivity index (χ2v) is 6.84. The first kappa shape index (κ1) is 16.6. The molecular weight excluding hydrogens is 354 g/mol. The molecule has 4 aromatic rings. The maximum absolute atomic E-state index is 12.7. The number of amides is 1. The summed E-state index contributed by atoms with van der Waals surface area (Å²) in [7, 11) is 0. The molecule has 0 saturated carbocycles. The highest BCUT2D eigenvalue weighted by molar-refractivity contribution is 6.04. The Labute approximate surface area is 161 Å². The lowest BCUT2D eigenvalue weighted by molar-refractivity contribution is 0.102. The second-order valence-electron chi connectivity index (χ2n) is 6.84. The van der Waals surface area contributed by atoms with Gasteiger partial charge in [0.25, 0.3) is 5.91 Å². The van der Waals surface area contributed by atoms with Crippen molar-refractivity contribution in [3.8, 4) is 11.6 Å². The first-order valence-corrected chi connectivity index (χ1v) is 9.32. The van der Waals surface area contributed by atoms with Crippen LogP contribution in [0.2, 0.25) is 0 Å². The van der Waals surface area contributed by atoms with Crippen LogP contribution in [0.5, 0.6) is 0 Å². The summed E-state index contributed by atoms with van der Waals surface area (Å²) < 4.78 is 5.38. The van der Waals surface area contributed by atoms with E-state index in [2.05, 4.69) is 25.2 Å². The smallest absolute Gasteiger partial charge is 0.274 e. The number of furan rings is 1. The van der Waals surface area contributed by atoms with Gasteiger partial charge in [-0.2, -0.15) is 0 Å². The van der Waals surface area contributed by atoms with Gasteiger partial charge in [0.1, 0.15) is 5.69 Å². The van der Waals surface area contributed by atoms with Crippen LogP contribution >= 0.6 is 0 Å². The molecule has 1 amide bonds. The summed E-state index contributed by atoms with van der Waals surface area (Å²) in [6.45, 7) is 2.05. The molecular formula is C21H19N5O2. The highest BCUT2D eigenvalue weighted by Crippen LogP contribution is 2.24. The third kappa shape index (κ3) is 3.11. The number of hydrogen-bond donors (Lipinski definition) is 2. The zero-order valence-electron chi connectivity index (χ0n) is 15.2. The number of benzene rings is 1. The van der Waals surface area contributed by atoms with E-state index in [1.165, 1.54) is 12.8 Å². The van der Waals surface area contributed by atoms with E-state index in [1.54, 1.807) is 12.5 Å². The molecule has 0 atom stereocenters. The van der Waals surface area contributed by atoms with Crippen LogP contribution in [-0.4, -0.2) is 33.9 Å². The third-order valence-electron chi connectivity index (χ3n) is 4.94. The average Bonchev–Trinajstić information content (AvgIpc) is 3.48. The maximum atomic E-state index is 12.7. The summed E-state index contributed by atoms with van der Waals surface area (Å²) in [6, 6.07) is 13.0. The molecule has 5 rings (SSSR count). The van der Waals surface area contributed by atoms with Gasteiger partial charge in [-0.25, -0.2) is 4.98 Å². The summed E-state index contributed by atoms with van der Waals surface area (Å²) in [5, 5.41) is 2.92. The molecule has 3 aromatic heterocycles. The minimum Gasteiger partial charge on any atom is -0.461 e. The van der Waals surface area contributed by atoms with E-state index >= 15 is 0 Å². The van der Waals surface area contributed by atoms with Crippen molar-refractivity contribution in [1.29, 1.82) is 0 Å². The summed E-state index contributed by atoms with van der Waals surface area (Å²) in [6.07, 6.45) is 5.68. The first-order chi connectivity index (χ1) is 13.8. The Balaban J connectivity index is 1.37. The Kier molecular flexibility index (Phi) is 4.05. The number of anilines is 2. The number of nitrogens with zero attached hydrogens (tertiary/aromatic N) is 3. The third-order valence-corrected chi connectivity index (χ3v) is 4.94.